The fourth-order valence-electron chi connectivity index (χ4n) is 3.00. The van der Waals surface area contributed by atoms with E-state index in [9.17, 15) is 17.6 Å². The maximum Gasteiger partial charge on any atom is 0.401 e. The summed E-state index contributed by atoms with van der Waals surface area (Å²) < 4.78 is 50.0. The van der Waals surface area contributed by atoms with Crippen molar-refractivity contribution < 1.29 is 17.6 Å². The van der Waals surface area contributed by atoms with Gasteiger partial charge in [-0.05, 0) is 43.5 Å². The fourth-order valence-corrected chi connectivity index (χ4v) is 3.00. The van der Waals surface area contributed by atoms with Gasteiger partial charge in [0.1, 0.15) is 5.82 Å². The van der Waals surface area contributed by atoms with Crippen molar-refractivity contribution in [1.29, 1.82) is 0 Å². The zero-order valence-electron chi connectivity index (χ0n) is 12.0. The second kappa shape index (κ2) is 6.75. The molecule has 1 aromatic rings. The Balaban J connectivity index is 1.91. The third kappa shape index (κ3) is 5.63. The third-order valence-electron chi connectivity index (χ3n) is 3.72. The van der Waals surface area contributed by atoms with Crippen LogP contribution >= 0.6 is 0 Å². The molecule has 1 aliphatic heterocycles. The molecule has 0 spiro atoms. The van der Waals surface area contributed by atoms with Crippen molar-refractivity contribution in [3.8, 4) is 0 Å². The maximum atomic E-state index is 13.2. The number of likely N-dealkylation sites (tertiary alicyclic amines) is 1. The molecule has 1 fully saturated rings. The predicted molar refractivity (Wildman–Crippen MR) is 73.6 cm³/mol. The van der Waals surface area contributed by atoms with Crippen molar-refractivity contribution >= 4 is 0 Å². The van der Waals surface area contributed by atoms with Gasteiger partial charge in [0.2, 0.25) is 0 Å². The van der Waals surface area contributed by atoms with E-state index >= 15 is 0 Å². The van der Waals surface area contributed by atoms with Crippen LogP contribution in [0, 0.1) is 11.7 Å². The summed E-state index contributed by atoms with van der Waals surface area (Å²) in [4.78, 5) is 2.03. The van der Waals surface area contributed by atoms with Crippen LogP contribution in [0.25, 0.3) is 0 Å². The maximum absolute atomic E-state index is 13.2. The summed E-state index contributed by atoms with van der Waals surface area (Å²) >= 11 is 0. The average Bonchev–Trinajstić information content (AvgIpc) is 2.35. The first-order chi connectivity index (χ1) is 9.82. The number of piperidine rings is 1. The van der Waals surface area contributed by atoms with E-state index in [-0.39, 0.29) is 17.8 Å². The molecule has 0 amide bonds. The number of hydrogen-bond donors (Lipinski definition) is 1. The van der Waals surface area contributed by atoms with Crippen molar-refractivity contribution in [2.45, 2.75) is 25.1 Å². The van der Waals surface area contributed by atoms with Crippen LogP contribution in [0.2, 0.25) is 0 Å². The van der Waals surface area contributed by atoms with Crippen molar-refractivity contribution in [3.05, 3.63) is 35.6 Å². The predicted octanol–water partition coefficient (Wildman–Crippen LogP) is 2.84. The van der Waals surface area contributed by atoms with Gasteiger partial charge in [-0.25, -0.2) is 4.39 Å². The van der Waals surface area contributed by atoms with Gasteiger partial charge >= 0.3 is 6.18 Å². The summed E-state index contributed by atoms with van der Waals surface area (Å²) in [7, 11) is 1.90. The molecule has 2 rings (SSSR count). The van der Waals surface area contributed by atoms with Crippen molar-refractivity contribution in [2.24, 2.45) is 5.92 Å². The molecule has 0 aromatic heterocycles. The summed E-state index contributed by atoms with van der Waals surface area (Å²) in [6.45, 7) is 0.467. The number of nitrogens with one attached hydrogen (secondary N) is 1. The number of hydrogen-bond acceptors (Lipinski definition) is 2. The Morgan fingerprint density at radius 1 is 1.29 bits per heavy atom. The van der Waals surface area contributed by atoms with Gasteiger partial charge in [-0.15, -0.1) is 0 Å². The lowest BCUT2D eigenvalue weighted by molar-refractivity contribution is -0.127. The van der Waals surface area contributed by atoms with Crippen LogP contribution in [-0.2, 0) is 6.42 Å². The van der Waals surface area contributed by atoms with Crippen LogP contribution in [0.5, 0.6) is 0 Å². The van der Waals surface area contributed by atoms with Gasteiger partial charge in [0, 0.05) is 19.1 Å². The van der Waals surface area contributed by atoms with E-state index in [1.54, 1.807) is 6.07 Å². The van der Waals surface area contributed by atoms with Crippen LogP contribution in [0.4, 0.5) is 17.6 Å². The largest absolute Gasteiger partial charge is 0.401 e. The summed E-state index contributed by atoms with van der Waals surface area (Å²) in [5.74, 6) is -0.0419. The monoisotopic (exact) mass is 304 g/mol. The molecule has 118 valence electrons. The lowest BCUT2D eigenvalue weighted by Gasteiger charge is -2.36. The van der Waals surface area contributed by atoms with E-state index in [1.807, 2.05) is 18.0 Å². The van der Waals surface area contributed by atoms with E-state index in [4.69, 9.17) is 0 Å². The first kappa shape index (κ1) is 16.2. The Morgan fingerprint density at radius 3 is 2.71 bits per heavy atom. The Labute approximate surface area is 122 Å². The Kier molecular flexibility index (Phi) is 5.22. The number of likely N-dealkylation sites (N-methyl/N-ethyl adjacent to an activating group) is 1. The molecule has 1 saturated heterocycles. The molecule has 0 saturated carbocycles. The van der Waals surface area contributed by atoms with Gasteiger partial charge in [0.15, 0.2) is 0 Å². The second-order valence-corrected chi connectivity index (χ2v) is 5.85. The van der Waals surface area contributed by atoms with Crippen LogP contribution in [0.1, 0.15) is 12.0 Å². The Morgan fingerprint density at radius 2 is 2.05 bits per heavy atom. The molecular weight excluding hydrogens is 284 g/mol. The molecule has 1 aliphatic rings. The highest BCUT2D eigenvalue weighted by Gasteiger charge is 2.31. The number of halogens is 4. The van der Waals surface area contributed by atoms with Gasteiger partial charge in [-0.2, -0.15) is 13.2 Å². The summed E-state index contributed by atoms with van der Waals surface area (Å²) in [6.07, 6.45) is -2.82. The molecule has 2 nitrogen and oxygen atoms in total. The van der Waals surface area contributed by atoms with Crippen molar-refractivity contribution in [3.63, 3.8) is 0 Å². The number of alkyl halides is 3. The molecule has 2 unspecified atom stereocenters. The van der Waals surface area contributed by atoms with Gasteiger partial charge in [0.25, 0.3) is 0 Å². The summed E-state index contributed by atoms with van der Waals surface area (Å²) in [6, 6.07) is 6.23. The van der Waals surface area contributed by atoms with E-state index in [1.165, 1.54) is 12.1 Å². The second-order valence-electron chi connectivity index (χ2n) is 5.85. The number of rotatable bonds is 4. The highest BCUT2D eigenvalue weighted by atomic mass is 19.4. The lowest BCUT2D eigenvalue weighted by Crippen LogP contribution is -2.50. The smallest absolute Gasteiger partial charge is 0.305 e. The van der Waals surface area contributed by atoms with Gasteiger partial charge in [0.05, 0.1) is 6.54 Å². The highest BCUT2D eigenvalue weighted by Crippen LogP contribution is 2.22. The third-order valence-corrected chi connectivity index (χ3v) is 3.72. The molecule has 21 heavy (non-hydrogen) atoms. The topological polar surface area (TPSA) is 15.3 Å². The van der Waals surface area contributed by atoms with Gasteiger partial charge in [-0.1, -0.05) is 12.1 Å². The van der Waals surface area contributed by atoms with Crippen molar-refractivity contribution in [1.82, 2.24) is 10.2 Å². The molecule has 0 bridgehead atoms. The molecule has 1 aromatic carbocycles. The SMILES string of the molecule is CN1CC(Cc2cccc(F)c2)CC(NCC(F)(F)F)C1. The van der Waals surface area contributed by atoms with Crippen LogP contribution in [-0.4, -0.2) is 43.8 Å². The zero-order valence-corrected chi connectivity index (χ0v) is 12.0. The molecule has 0 radical (unpaired) electrons. The minimum Gasteiger partial charge on any atom is -0.305 e. The van der Waals surface area contributed by atoms with E-state index in [0.717, 1.165) is 12.1 Å². The fraction of sp³-hybridized carbons (Fsp3) is 0.600. The van der Waals surface area contributed by atoms with E-state index < -0.39 is 12.7 Å². The first-order valence-corrected chi connectivity index (χ1v) is 7.05. The van der Waals surface area contributed by atoms with Gasteiger partial charge < -0.3 is 10.2 Å². The summed E-state index contributed by atoms with van der Waals surface area (Å²) in [5.41, 5.74) is 0.893. The quantitative estimate of drug-likeness (QED) is 0.861. The number of nitrogens with zero attached hydrogens (tertiary/aromatic N) is 1. The normalized spacial score (nSPS) is 24.2. The minimum absolute atomic E-state index is 0.177. The lowest BCUT2D eigenvalue weighted by atomic mass is 9.89. The summed E-state index contributed by atoms with van der Waals surface area (Å²) in [5, 5.41) is 2.58. The Hall–Kier alpha value is -1.14. The first-order valence-electron chi connectivity index (χ1n) is 7.05. The van der Waals surface area contributed by atoms with Crippen LogP contribution in [0.3, 0.4) is 0 Å². The van der Waals surface area contributed by atoms with Crippen molar-refractivity contribution in [2.75, 3.05) is 26.7 Å². The molecule has 6 heteroatoms. The zero-order chi connectivity index (χ0) is 15.5. The number of benzene rings is 1. The standard InChI is InChI=1S/C15H20F4N2/c1-21-8-12(5-11-3-2-4-13(16)6-11)7-14(9-21)20-10-15(17,18)19/h2-4,6,12,14,20H,5,7-10H2,1H3. The minimum atomic E-state index is -4.19. The molecule has 2 atom stereocenters. The van der Waals surface area contributed by atoms with Gasteiger partial charge in [-0.3, -0.25) is 0 Å². The van der Waals surface area contributed by atoms with E-state index in [2.05, 4.69) is 5.32 Å². The molecular formula is C15H20F4N2. The molecule has 1 N–H and O–H groups in total. The molecule has 0 aliphatic carbocycles. The highest BCUT2D eigenvalue weighted by molar-refractivity contribution is 5.17. The van der Waals surface area contributed by atoms with Crippen LogP contribution < -0.4 is 5.32 Å². The Bertz CT molecular complexity index is 461. The van der Waals surface area contributed by atoms with E-state index in [0.29, 0.717) is 19.4 Å². The van der Waals surface area contributed by atoms with Crippen LogP contribution in [0.15, 0.2) is 24.3 Å². The average molecular weight is 304 g/mol. The molecule has 1 heterocycles.